The summed E-state index contributed by atoms with van der Waals surface area (Å²) in [5, 5.41) is 5.35. The predicted molar refractivity (Wildman–Crippen MR) is 263 cm³/mol. The van der Waals surface area contributed by atoms with Crippen LogP contribution in [-0.2, 0) is 21.7 Å². The molecule has 0 radical (unpaired) electrons. The quantitative estimate of drug-likeness (QED) is 0.160. The van der Waals surface area contributed by atoms with E-state index in [2.05, 4.69) is 214 Å². The lowest BCUT2D eigenvalue weighted by atomic mass is 9.34. The Kier molecular flexibility index (Phi) is 7.73. The number of hydrogen-bond donors (Lipinski definition) is 0. The molecule has 5 heterocycles. The fourth-order valence-electron chi connectivity index (χ4n) is 10.4. The van der Waals surface area contributed by atoms with E-state index in [0.29, 0.717) is 0 Å². The van der Waals surface area contributed by atoms with Gasteiger partial charge < -0.3 is 9.13 Å². The zero-order valence-corrected chi connectivity index (χ0v) is 38.0. The lowest BCUT2D eigenvalue weighted by Crippen LogP contribution is -2.59. The third-order valence-corrected chi connectivity index (χ3v) is 13.9. The monoisotopic (exact) mass is 793 g/mol. The molecular formula is C57H56BN3. The van der Waals surface area contributed by atoms with Crippen LogP contribution >= 0.6 is 0 Å². The average Bonchev–Trinajstić information content (AvgIpc) is 3.73. The van der Waals surface area contributed by atoms with E-state index in [1.807, 2.05) is 0 Å². The van der Waals surface area contributed by atoms with Gasteiger partial charge in [0.05, 0.1) is 16.7 Å². The first-order valence-corrected chi connectivity index (χ1v) is 22.2. The van der Waals surface area contributed by atoms with Crippen LogP contribution in [0.2, 0.25) is 0 Å². The van der Waals surface area contributed by atoms with E-state index < -0.39 is 0 Å². The molecule has 0 saturated carbocycles. The van der Waals surface area contributed by atoms with Gasteiger partial charge in [-0.25, -0.2) is 0 Å². The smallest absolute Gasteiger partial charge is 0.252 e. The molecule has 0 bridgehead atoms. The molecule has 2 aliphatic rings. The van der Waals surface area contributed by atoms with E-state index in [-0.39, 0.29) is 28.4 Å². The standard InChI is InChI=1S/C57H56BN3/c1-54(2,3)36-19-22-47-40(26-36)42-28-38(56(7,8)9)30-44-52(42)60(47)49-24-35(34-18-21-46(59-32-34)33-16-14-13-15-17-33)25-50-51(49)58(44)45-31-39(57(10,11)12)29-43-41-27-37(55(4,5)6)20-23-48(41)61(50)53(43)45/h13-32H,1-12H3. The van der Waals surface area contributed by atoms with Crippen molar-refractivity contribution in [1.29, 1.82) is 0 Å². The molecule has 11 rings (SSSR count). The minimum atomic E-state index is -0.0396. The van der Waals surface area contributed by atoms with Crippen LogP contribution in [-0.4, -0.2) is 20.8 Å². The second-order valence-electron chi connectivity index (χ2n) is 22.2. The van der Waals surface area contributed by atoms with Gasteiger partial charge in [-0.3, -0.25) is 4.98 Å². The van der Waals surface area contributed by atoms with Crippen LogP contribution in [0.25, 0.3) is 77.4 Å². The van der Waals surface area contributed by atoms with Crippen molar-refractivity contribution in [3.63, 3.8) is 0 Å². The maximum atomic E-state index is 5.07. The molecule has 0 unspecified atom stereocenters. The predicted octanol–water partition coefficient (Wildman–Crippen LogP) is 12.9. The van der Waals surface area contributed by atoms with Gasteiger partial charge >= 0.3 is 0 Å². The molecule has 9 aromatic rings. The molecule has 0 saturated heterocycles. The largest absolute Gasteiger partial charge is 0.310 e. The molecule has 0 spiro atoms. The minimum absolute atomic E-state index is 0.0202. The summed E-state index contributed by atoms with van der Waals surface area (Å²) in [7, 11) is 0. The Balaban J connectivity index is 1.32. The Morgan fingerprint density at radius 2 is 0.869 bits per heavy atom. The molecule has 4 heteroatoms. The van der Waals surface area contributed by atoms with Gasteiger partial charge in [-0.2, -0.15) is 0 Å². The zero-order valence-electron chi connectivity index (χ0n) is 38.0. The van der Waals surface area contributed by atoms with Crippen molar-refractivity contribution in [3.05, 3.63) is 144 Å². The highest BCUT2D eigenvalue weighted by Crippen LogP contribution is 2.44. The summed E-state index contributed by atoms with van der Waals surface area (Å²) >= 11 is 0. The first-order valence-electron chi connectivity index (χ1n) is 22.2. The van der Waals surface area contributed by atoms with Crippen molar-refractivity contribution < 1.29 is 0 Å². The van der Waals surface area contributed by atoms with Gasteiger partial charge in [0.25, 0.3) is 6.71 Å². The summed E-state index contributed by atoms with van der Waals surface area (Å²) in [4.78, 5) is 5.07. The molecule has 0 aliphatic carbocycles. The maximum Gasteiger partial charge on any atom is 0.252 e. The van der Waals surface area contributed by atoms with Crippen LogP contribution in [0, 0.1) is 0 Å². The van der Waals surface area contributed by atoms with E-state index in [1.54, 1.807) is 0 Å². The fraction of sp³-hybridized carbons (Fsp3) is 0.281. The van der Waals surface area contributed by atoms with E-state index in [1.165, 1.54) is 99.2 Å². The summed E-state index contributed by atoms with van der Waals surface area (Å²) in [6, 6.07) is 44.6. The Morgan fingerprint density at radius 1 is 0.410 bits per heavy atom. The Morgan fingerprint density at radius 3 is 1.30 bits per heavy atom. The average molecular weight is 794 g/mol. The van der Waals surface area contributed by atoms with Crippen molar-refractivity contribution in [2.75, 3.05) is 0 Å². The topological polar surface area (TPSA) is 22.8 Å². The highest BCUT2D eigenvalue weighted by Gasteiger charge is 2.43. The molecule has 3 aromatic heterocycles. The third-order valence-electron chi connectivity index (χ3n) is 13.9. The molecule has 0 atom stereocenters. The van der Waals surface area contributed by atoms with Gasteiger partial charge in [0.2, 0.25) is 0 Å². The Hall–Kier alpha value is -5.87. The second kappa shape index (κ2) is 12.4. The van der Waals surface area contributed by atoms with Gasteiger partial charge in [-0.05, 0) is 120 Å². The lowest BCUT2D eigenvalue weighted by molar-refractivity contribution is 0.590. The second-order valence-corrected chi connectivity index (χ2v) is 22.2. The van der Waals surface area contributed by atoms with E-state index >= 15 is 0 Å². The molecule has 302 valence electrons. The summed E-state index contributed by atoms with van der Waals surface area (Å²) in [6.07, 6.45) is 2.07. The van der Waals surface area contributed by atoms with E-state index in [4.69, 9.17) is 4.98 Å². The Labute approximate surface area is 361 Å². The van der Waals surface area contributed by atoms with Crippen molar-refractivity contribution >= 4 is 66.7 Å². The van der Waals surface area contributed by atoms with Gasteiger partial charge in [0.1, 0.15) is 0 Å². The van der Waals surface area contributed by atoms with Crippen LogP contribution in [0.4, 0.5) is 0 Å². The number of aromatic nitrogens is 3. The minimum Gasteiger partial charge on any atom is -0.310 e. The van der Waals surface area contributed by atoms with Crippen molar-refractivity contribution in [2.24, 2.45) is 0 Å². The van der Waals surface area contributed by atoms with Crippen molar-refractivity contribution in [1.82, 2.24) is 14.1 Å². The number of benzene rings is 6. The first-order chi connectivity index (χ1) is 28.8. The van der Waals surface area contributed by atoms with E-state index in [0.717, 1.165) is 16.8 Å². The summed E-state index contributed by atoms with van der Waals surface area (Å²) in [5.41, 5.74) is 21.7. The van der Waals surface area contributed by atoms with Crippen molar-refractivity contribution in [3.8, 4) is 33.8 Å². The molecule has 3 nitrogen and oxygen atoms in total. The fourth-order valence-corrected chi connectivity index (χ4v) is 10.4. The van der Waals surface area contributed by atoms with Gasteiger partial charge in [-0.1, -0.05) is 144 Å². The highest BCUT2D eigenvalue weighted by atomic mass is 15.0. The summed E-state index contributed by atoms with van der Waals surface area (Å²) < 4.78 is 5.26. The number of rotatable bonds is 2. The molecule has 0 N–H and O–H groups in total. The van der Waals surface area contributed by atoms with E-state index in [9.17, 15) is 0 Å². The normalized spacial score (nSPS) is 13.9. The van der Waals surface area contributed by atoms with Gasteiger partial charge in [-0.15, -0.1) is 0 Å². The molecule has 0 fully saturated rings. The van der Waals surface area contributed by atoms with Crippen molar-refractivity contribution in [2.45, 2.75) is 105 Å². The number of nitrogens with zero attached hydrogens (tertiary/aromatic N) is 3. The van der Waals surface area contributed by atoms with Crippen LogP contribution in [0.1, 0.15) is 105 Å². The molecule has 2 aliphatic heterocycles. The first kappa shape index (κ1) is 38.1. The van der Waals surface area contributed by atoms with Crippen LogP contribution in [0.5, 0.6) is 0 Å². The van der Waals surface area contributed by atoms with Crippen LogP contribution < -0.4 is 16.4 Å². The SMILES string of the molecule is CC(C)(C)c1ccc2c(c1)c1cc(C(C)(C)C)cc3c1n2-c1cc(-c2ccc(-c4ccccc4)nc2)cc2c1B3c1cc(C(C)(C)C)cc3c4cc(C(C)(C)C)ccc4n-2c13. The Bertz CT molecular complexity index is 3130. The van der Waals surface area contributed by atoms with Gasteiger partial charge in [0, 0.05) is 61.3 Å². The lowest BCUT2D eigenvalue weighted by Gasteiger charge is -2.36. The number of fused-ring (bicyclic) bond motifs is 10. The highest BCUT2D eigenvalue weighted by molar-refractivity contribution is 7.00. The number of pyridine rings is 1. The summed E-state index contributed by atoms with van der Waals surface area (Å²) in [5.74, 6) is 0. The third kappa shape index (κ3) is 5.60. The zero-order chi connectivity index (χ0) is 42.7. The van der Waals surface area contributed by atoms with Gasteiger partial charge in [0.15, 0.2) is 0 Å². The molecule has 0 amide bonds. The van der Waals surface area contributed by atoms with Crippen LogP contribution in [0.15, 0.2) is 121 Å². The molecule has 6 aromatic carbocycles. The number of hydrogen-bond acceptors (Lipinski definition) is 1. The maximum absolute atomic E-state index is 5.07. The molecular weight excluding hydrogens is 737 g/mol. The molecule has 61 heavy (non-hydrogen) atoms. The summed E-state index contributed by atoms with van der Waals surface area (Å²) in [6.45, 7) is 28.3. The van der Waals surface area contributed by atoms with Crippen LogP contribution in [0.3, 0.4) is 0 Å².